The van der Waals surface area contributed by atoms with Gasteiger partial charge in [0.2, 0.25) is 0 Å². The lowest BCUT2D eigenvalue weighted by atomic mass is 9.82. The van der Waals surface area contributed by atoms with E-state index < -0.39 is 0 Å². The van der Waals surface area contributed by atoms with Gasteiger partial charge in [0, 0.05) is 15.3 Å². The third-order valence-electron chi connectivity index (χ3n) is 4.90. The minimum Gasteiger partial charge on any atom is -0.256 e. The van der Waals surface area contributed by atoms with Crippen molar-refractivity contribution in [2.75, 3.05) is 0 Å². The summed E-state index contributed by atoms with van der Waals surface area (Å²) in [6.45, 7) is 6.82. The largest absolute Gasteiger partial charge is 0.256 e. The van der Waals surface area contributed by atoms with E-state index >= 15 is 0 Å². The Kier molecular flexibility index (Phi) is 4.77. The molecule has 0 unspecified atom stereocenters. The van der Waals surface area contributed by atoms with E-state index in [4.69, 9.17) is 0 Å². The summed E-state index contributed by atoms with van der Waals surface area (Å²) >= 11 is 2.34. The molecule has 27 heavy (non-hydrogen) atoms. The molecule has 0 saturated carbocycles. The molecule has 0 N–H and O–H groups in total. The van der Waals surface area contributed by atoms with Gasteiger partial charge in [0.1, 0.15) is 0 Å². The molecular weight excluding hydrogens is 441 g/mol. The maximum Gasteiger partial charge on any atom is 0.0708 e. The number of halogens is 1. The fourth-order valence-corrected chi connectivity index (χ4v) is 3.85. The molecule has 0 fully saturated rings. The molecule has 1 nitrogen and oxygen atoms in total. The molecular formula is C25H22IN. The highest BCUT2D eigenvalue weighted by molar-refractivity contribution is 14.1. The Labute approximate surface area is 174 Å². The van der Waals surface area contributed by atoms with Crippen LogP contribution in [0, 0.1) is 3.57 Å². The summed E-state index contributed by atoms with van der Waals surface area (Å²) in [6.07, 6.45) is 1.91. The van der Waals surface area contributed by atoms with Crippen LogP contribution in [-0.4, -0.2) is 4.98 Å². The van der Waals surface area contributed by atoms with E-state index in [1.165, 1.54) is 36.6 Å². The first kappa shape index (κ1) is 18.2. The second-order valence-corrected chi connectivity index (χ2v) is 9.18. The zero-order chi connectivity index (χ0) is 19.0. The van der Waals surface area contributed by atoms with Crippen molar-refractivity contribution in [3.05, 3.63) is 88.1 Å². The van der Waals surface area contributed by atoms with Crippen LogP contribution in [0.3, 0.4) is 0 Å². The summed E-state index contributed by atoms with van der Waals surface area (Å²) in [4.78, 5) is 4.68. The molecule has 4 rings (SSSR count). The predicted octanol–water partition coefficient (Wildman–Crippen LogP) is 7.47. The molecule has 0 amide bonds. The van der Waals surface area contributed by atoms with Crippen LogP contribution in [0.25, 0.3) is 33.2 Å². The lowest BCUT2D eigenvalue weighted by molar-refractivity contribution is 0.596. The molecule has 0 bridgehead atoms. The van der Waals surface area contributed by atoms with Gasteiger partial charge in [-0.1, -0.05) is 57.2 Å². The number of nitrogens with zero attached hydrogens (tertiary/aromatic N) is 1. The smallest absolute Gasteiger partial charge is 0.0708 e. The second-order valence-electron chi connectivity index (χ2n) is 7.93. The predicted molar refractivity (Wildman–Crippen MR) is 124 cm³/mol. The lowest BCUT2D eigenvalue weighted by Crippen LogP contribution is -2.12. The first-order chi connectivity index (χ1) is 12.9. The van der Waals surface area contributed by atoms with Gasteiger partial charge in [-0.3, -0.25) is 4.98 Å². The molecule has 2 heteroatoms. The van der Waals surface area contributed by atoms with Crippen LogP contribution in [0.4, 0.5) is 0 Å². The van der Waals surface area contributed by atoms with E-state index in [1.54, 1.807) is 0 Å². The van der Waals surface area contributed by atoms with Crippen LogP contribution >= 0.6 is 22.6 Å². The van der Waals surface area contributed by atoms with Gasteiger partial charge in [-0.2, -0.15) is 0 Å². The van der Waals surface area contributed by atoms with E-state index in [9.17, 15) is 0 Å². The summed E-state index contributed by atoms with van der Waals surface area (Å²) in [5, 5.41) is 2.59. The summed E-state index contributed by atoms with van der Waals surface area (Å²) in [6, 6.07) is 26.1. The van der Waals surface area contributed by atoms with Crippen molar-refractivity contribution in [3.8, 4) is 22.4 Å². The SMILES string of the molecule is CC(C)(C)c1cc(-c2cc(-c3ccc(I)cc3)ccn2)cc2ccccc12. The van der Waals surface area contributed by atoms with Crippen molar-refractivity contribution in [1.29, 1.82) is 0 Å². The summed E-state index contributed by atoms with van der Waals surface area (Å²) in [5.74, 6) is 0. The quantitative estimate of drug-likeness (QED) is 0.281. The number of hydrogen-bond donors (Lipinski definition) is 0. The number of rotatable bonds is 2. The Hall–Kier alpha value is -2.20. The van der Waals surface area contributed by atoms with Gasteiger partial charge in [0.15, 0.2) is 0 Å². The van der Waals surface area contributed by atoms with Crippen LogP contribution in [0.15, 0.2) is 79.0 Å². The molecule has 0 radical (unpaired) electrons. The normalized spacial score (nSPS) is 11.7. The van der Waals surface area contributed by atoms with E-state index in [0.29, 0.717) is 0 Å². The number of pyridine rings is 1. The molecule has 1 heterocycles. The van der Waals surface area contributed by atoms with Gasteiger partial charge in [-0.15, -0.1) is 0 Å². The van der Waals surface area contributed by atoms with Crippen LogP contribution in [0.2, 0.25) is 0 Å². The molecule has 134 valence electrons. The highest BCUT2D eigenvalue weighted by Crippen LogP contribution is 2.35. The van der Waals surface area contributed by atoms with Crippen molar-refractivity contribution >= 4 is 33.4 Å². The fourth-order valence-electron chi connectivity index (χ4n) is 3.49. The minimum atomic E-state index is 0.0728. The Morgan fingerprint density at radius 3 is 2.22 bits per heavy atom. The van der Waals surface area contributed by atoms with Gasteiger partial charge < -0.3 is 0 Å². The first-order valence-corrected chi connectivity index (χ1v) is 10.3. The molecule has 3 aromatic carbocycles. The van der Waals surface area contributed by atoms with Crippen molar-refractivity contribution < 1.29 is 0 Å². The Bertz CT molecular complexity index is 1110. The van der Waals surface area contributed by atoms with Crippen LogP contribution in [-0.2, 0) is 5.41 Å². The topological polar surface area (TPSA) is 12.9 Å². The van der Waals surface area contributed by atoms with Gasteiger partial charge in [-0.05, 0) is 91.9 Å². The highest BCUT2D eigenvalue weighted by Gasteiger charge is 2.18. The van der Waals surface area contributed by atoms with Crippen molar-refractivity contribution in [2.24, 2.45) is 0 Å². The highest BCUT2D eigenvalue weighted by atomic mass is 127. The van der Waals surface area contributed by atoms with Crippen LogP contribution in [0.5, 0.6) is 0 Å². The standard InChI is InChI=1S/C25H22IN/c1-25(2,3)23-15-20(14-19-6-4-5-7-22(19)23)24-16-18(12-13-27-24)17-8-10-21(26)11-9-17/h4-16H,1-3H3. The molecule has 1 aromatic heterocycles. The van der Waals surface area contributed by atoms with Gasteiger partial charge in [0.05, 0.1) is 5.69 Å². The Morgan fingerprint density at radius 2 is 1.48 bits per heavy atom. The summed E-state index contributed by atoms with van der Waals surface area (Å²) in [5.41, 5.74) is 6.03. The average Bonchev–Trinajstić information content (AvgIpc) is 2.67. The zero-order valence-corrected chi connectivity index (χ0v) is 18.0. The summed E-state index contributed by atoms with van der Waals surface area (Å²) in [7, 11) is 0. The number of aromatic nitrogens is 1. The molecule has 0 saturated heterocycles. The van der Waals surface area contributed by atoms with E-state index in [1.807, 2.05) is 6.20 Å². The lowest BCUT2D eigenvalue weighted by Gasteiger charge is -2.22. The second kappa shape index (κ2) is 7.08. The molecule has 0 aliphatic heterocycles. The Balaban J connectivity index is 1.88. The number of hydrogen-bond acceptors (Lipinski definition) is 1. The number of benzene rings is 3. The molecule has 0 aliphatic rings. The average molecular weight is 463 g/mol. The van der Waals surface area contributed by atoms with E-state index in [2.05, 4.69) is 121 Å². The van der Waals surface area contributed by atoms with Crippen LogP contribution in [0.1, 0.15) is 26.3 Å². The zero-order valence-electron chi connectivity index (χ0n) is 15.8. The van der Waals surface area contributed by atoms with Crippen LogP contribution < -0.4 is 0 Å². The maximum absolute atomic E-state index is 4.68. The van der Waals surface area contributed by atoms with Gasteiger partial charge >= 0.3 is 0 Å². The van der Waals surface area contributed by atoms with E-state index in [-0.39, 0.29) is 5.41 Å². The summed E-state index contributed by atoms with van der Waals surface area (Å²) < 4.78 is 1.25. The van der Waals surface area contributed by atoms with Crippen molar-refractivity contribution in [2.45, 2.75) is 26.2 Å². The molecule has 0 atom stereocenters. The van der Waals surface area contributed by atoms with E-state index in [0.717, 1.165) is 5.69 Å². The molecule has 4 aromatic rings. The number of fused-ring (bicyclic) bond motifs is 1. The third-order valence-corrected chi connectivity index (χ3v) is 5.62. The van der Waals surface area contributed by atoms with Crippen molar-refractivity contribution in [3.63, 3.8) is 0 Å². The first-order valence-electron chi connectivity index (χ1n) is 9.17. The monoisotopic (exact) mass is 463 g/mol. The van der Waals surface area contributed by atoms with Gasteiger partial charge in [0.25, 0.3) is 0 Å². The molecule has 0 spiro atoms. The molecule has 0 aliphatic carbocycles. The minimum absolute atomic E-state index is 0.0728. The third kappa shape index (κ3) is 3.77. The maximum atomic E-state index is 4.68. The van der Waals surface area contributed by atoms with Crippen molar-refractivity contribution in [1.82, 2.24) is 4.98 Å². The van der Waals surface area contributed by atoms with Gasteiger partial charge in [-0.25, -0.2) is 0 Å². The Morgan fingerprint density at radius 1 is 0.741 bits per heavy atom. The fraction of sp³-hybridized carbons (Fsp3) is 0.160.